The van der Waals surface area contributed by atoms with Crippen molar-refractivity contribution in [3.05, 3.63) is 0 Å². The second-order valence-electron chi connectivity index (χ2n) is 6.26. The molecule has 10 N–H and O–H groups in total. The number of rotatable bonds is 14. The number of aliphatic hydroxyl groups is 6. The van der Waals surface area contributed by atoms with Crippen molar-refractivity contribution < 1.29 is 30.6 Å². The molecule has 0 fully saturated rings. The fourth-order valence-electron chi connectivity index (χ4n) is 2.58. The van der Waals surface area contributed by atoms with E-state index in [2.05, 4.69) is 0 Å². The summed E-state index contributed by atoms with van der Waals surface area (Å²) >= 11 is 0. The summed E-state index contributed by atoms with van der Waals surface area (Å²) in [5, 5.41) is 58.2. The Kier molecular flexibility index (Phi) is 12.8. The van der Waals surface area contributed by atoms with Gasteiger partial charge in [-0.15, -0.1) is 0 Å². The molecule has 0 spiro atoms. The molecule has 140 valence electrons. The van der Waals surface area contributed by atoms with Crippen LogP contribution in [0.25, 0.3) is 0 Å². The van der Waals surface area contributed by atoms with Gasteiger partial charge in [-0.3, -0.25) is 0 Å². The molecule has 0 aromatic heterocycles. The van der Waals surface area contributed by atoms with Crippen LogP contribution in [0.1, 0.15) is 44.9 Å². The molecule has 6 atom stereocenters. The maximum atomic E-state index is 9.84. The number of aliphatic hydroxyl groups excluding tert-OH is 6. The molecule has 0 aromatic carbocycles. The zero-order valence-corrected chi connectivity index (χ0v) is 13.7. The van der Waals surface area contributed by atoms with Gasteiger partial charge >= 0.3 is 0 Å². The lowest BCUT2D eigenvalue weighted by Gasteiger charge is -2.22. The molecule has 0 aromatic rings. The van der Waals surface area contributed by atoms with Gasteiger partial charge in [-0.25, -0.2) is 0 Å². The highest BCUT2D eigenvalue weighted by molar-refractivity contribution is 4.74. The average molecular weight is 338 g/mol. The summed E-state index contributed by atoms with van der Waals surface area (Å²) in [6, 6.07) is 0. The SMILES string of the molecule is NCC[C@@H](O)C[C@H](O)C[C@H](O)C[C@H](O)C[C@@H](O)C[C@H](O)CCN. The molecular weight excluding hydrogens is 304 g/mol. The second-order valence-corrected chi connectivity index (χ2v) is 6.26. The number of hydrogen-bond donors (Lipinski definition) is 8. The van der Waals surface area contributed by atoms with Crippen molar-refractivity contribution in [2.24, 2.45) is 11.5 Å². The summed E-state index contributed by atoms with van der Waals surface area (Å²) < 4.78 is 0. The standard InChI is InChI=1S/C15H34N2O6/c16-3-1-10(18)5-12(20)7-14(22)9-15(23)8-13(21)6-11(19)2-4-17/h10-15,18-23H,1-9,16-17H2/t10-,11-,12+,13+,14-,15+/m1/s1. The molecule has 0 amide bonds. The van der Waals surface area contributed by atoms with Gasteiger partial charge in [0.25, 0.3) is 0 Å². The normalized spacial score (nSPS) is 19.8. The summed E-state index contributed by atoms with van der Waals surface area (Å²) in [6.07, 6.45) is -3.97. The predicted molar refractivity (Wildman–Crippen MR) is 86.5 cm³/mol. The van der Waals surface area contributed by atoms with Crippen molar-refractivity contribution in [3.8, 4) is 0 Å². The number of hydrogen-bond acceptors (Lipinski definition) is 8. The maximum absolute atomic E-state index is 9.84. The topological polar surface area (TPSA) is 173 Å². The molecule has 0 bridgehead atoms. The van der Waals surface area contributed by atoms with Gasteiger partial charge < -0.3 is 42.1 Å². The van der Waals surface area contributed by atoms with Crippen molar-refractivity contribution >= 4 is 0 Å². The first-order valence-electron chi connectivity index (χ1n) is 8.26. The van der Waals surface area contributed by atoms with Crippen molar-refractivity contribution in [2.75, 3.05) is 13.1 Å². The third-order valence-electron chi connectivity index (χ3n) is 3.72. The van der Waals surface area contributed by atoms with Crippen LogP contribution in [0.3, 0.4) is 0 Å². The molecule has 0 rings (SSSR count). The minimum absolute atomic E-state index is 0.00802. The van der Waals surface area contributed by atoms with Gasteiger partial charge in [-0.2, -0.15) is 0 Å². The summed E-state index contributed by atoms with van der Waals surface area (Å²) in [6.45, 7) is 0.645. The van der Waals surface area contributed by atoms with Crippen LogP contribution in [0.5, 0.6) is 0 Å². The molecule has 8 heteroatoms. The Morgan fingerprint density at radius 3 is 0.870 bits per heavy atom. The number of nitrogens with two attached hydrogens (primary N) is 2. The predicted octanol–water partition coefficient (Wildman–Crippen LogP) is -2.20. The second kappa shape index (κ2) is 13.0. The molecule has 23 heavy (non-hydrogen) atoms. The van der Waals surface area contributed by atoms with Gasteiger partial charge in [0, 0.05) is 0 Å². The van der Waals surface area contributed by atoms with Crippen molar-refractivity contribution in [1.29, 1.82) is 0 Å². The van der Waals surface area contributed by atoms with E-state index in [1.54, 1.807) is 0 Å². The van der Waals surface area contributed by atoms with Gasteiger partial charge in [-0.05, 0) is 58.0 Å². The lowest BCUT2D eigenvalue weighted by molar-refractivity contribution is -0.00125. The lowest BCUT2D eigenvalue weighted by Crippen LogP contribution is -2.29. The Balaban J connectivity index is 3.97. The van der Waals surface area contributed by atoms with Gasteiger partial charge in [0.15, 0.2) is 0 Å². The van der Waals surface area contributed by atoms with Crippen molar-refractivity contribution in [1.82, 2.24) is 0 Å². The molecule has 0 aliphatic carbocycles. The summed E-state index contributed by atoms with van der Waals surface area (Å²) in [5.74, 6) is 0. The van der Waals surface area contributed by atoms with Crippen LogP contribution in [0.15, 0.2) is 0 Å². The van der Waals surface area contributed by atoms with Crippen molar-refractivity contribution in [3.63, 3.8) is 0 Å². The van der Waals surface area contributed by atoms with Crippen LogP contribution in [-0.2, 0) is 0 Å². The fourth-order valence-corrected chi connectivity index (χ4v) is 2.58. The fraction of sp³-hybridized carbons (Fsp3) is 1.00. The van der Waals surface area contributed by atoms with E-state index < -0.39 is 36.6 Å². The van der Waals surface area contributed by atoms with Gasteiger partial charge in [-0.1, -0.05) is 0 Å². The minimum Gasteiger partial charge on any atom is -0.393 e. The molecule has 0 aliphatic heterocycles. The third kappa shape index (κ3) is 12.7. The highest BCUT2D eigenvalue weighted by atomic mass is 16.3. The van der Waals surface area contributed by atoms with E-state index in [0.29, 0.717) is 25.9 Å². The van der Waals surface area contributed by atoms with Crippen LogP contribution in [-0.4, -0.2) is 80.4 Å². The van der Waals surface area contributed by atoms with E-state index in [4.69, 9.17) is 11.5 Å². The Bertz CT molecular complexity index is 259. The molecule has 0 aliphatic rings. The molecule has 8 nitrogen and oxygen atoms in total. The Hall–Kier alpha value is -0.320. The Labute approximate surface area is 137 Å². The Morgan fingerprint density at radius 1 is 0.435 bits per heavy atom. The van der Waals surface area contributed by atoms with Crippen molar-refractivity contribution in [2.45, 2.75) is 81.6 Å². The average Bonchev–Trinajstić information content (AvgIpc) is 2.37. The Morgan fingerprint density at radius 2 is 0.652 bits per heavy atom. The largest absolute Gasteiger partial charge is 0.393 e. The highest BCUT2D eigenvalue weighted by Gasteiger charge is 2.21. The summed E-state index contributed by atoms with van der Waals surface area (Å²) in [5.41, 5.74) is 10.6. The first-order valence-corrected chi connectivity index (χ1v) is 8.26. The van der Waals surface area contributed by atoms with E-state index in [9.17, 15) is 30.6 Å². The van der Waals surface area contributed by atoms with E-state index in [0.717, 1.165) is 0 Å². The molecule has 0 saturated carbocycles. The quantitative estimate of drug-likeness (QED) is 0.176. The minimum atomic E-state index is -0.939. The molecule has 0 heterocycles. The van der Waals surface area contributed by atoms with E-state index in [1.165, 1.54) is 0 Å². The first kappa shape index (κ1) is 22.7. The van der Waals surface area contributed by atoms with Crippen LogP contribution in [0.2, 0.25) is 0 Å². The zero-order valence-electron chi connectivity index (χ0n) is 13.7. The van der Waals surface area contributed by atoms with E-state index in [1.807, 2.05) is 0 Å². The van der Waals surface area contributed by atoms with Crippen LogP contribution in [0.4, 0.5) is 0 Å². The summed E-state index contributed by atoms with van der Waals surface area (Å²) in [7, 11) is 0. The van der Waals surface area contributed by atoms with Crippen LogP contribution >= 0.6 is 0 Å². The first-order chi connectivity index (χ1) is 10.8. The molecule has 0 radical (unpaired) electrons. The molecule has 0 unspecified atom stereocenters. The zero-order chi connectivity index (χ0) is 17.8. The van der Waals surface area contributed by atoms with Crippen LogP contribution in [0, 0.1) is 0 Å². The molecule has 0 saturated heterocycles. The smallest absolute Gasteiger partial charge is 0.0589 e. The third-order valence-corrected chi connectivity index (χ3v) is 3.72. The highest BCUT2D eigenvalue weighted by Crippen LogP contribution is 2.15. The van der Waals surface area contributed by atoms with Gasteiger partial charge in [0.2, 0.25) is 0 Å². The summed E-state index contributed by atoms with van der Waals surface area (Å²) in [4.78, 5) is 0. The lowest BCUT2D eigenvalue weighted by atomic mass is 9.97. The van der Waals surface area contributed by atoms with Gasteiger partial charge in [0.05, 0.1) is 36.6 Å². The monoisotopic (exact) mass is 338 g/mol. The maximum Gasteiger partial charge on any atom is 0.0589 e. The van der Waals surface area contributed by atoms with Crippen LogP contribution < -0.4 is 11.5 Å². The van der Waals surface area contributed by atoms with E-state index in [-0.39, 0.29) is 32.1 Å². The molecular formula is C15H34N2O6. The van der Waals surface area contributed by atoms with E-state index >= 15 is 0 Å². The van der Waals surface area contributed by atoms with Gasteiger partial charge in [0.1, 0.15) is 0 Å².